The van der Waals surface area contributed by atoms with Gasteiger partial charge in [-0.2, -0.15) is 0 Å². The number of aliphatic hydroxyl groups is 1. The SMILES string of the molecule is Cc1ccc(CC(C)(N)CO)s1. The Hall–Kier alpha value is -0.380. The molecule has 12 heavy (non-hydrogen) atoms. The minimum Gasteiger partial charge on any atom is -0.394 e. The summed E-state index contributed by atoms with van der Waals surface area (Å²) in [6, 6.07) is 4.15. The first kappa shape index (κ1) is 9.71. The van der Waals surface area contributed by atoms with Crippen molar-refractivity contribution in [2.24, 2.45) is 5.73 Å². The smallest absolute Gasteiger partial charge is 0.0612 e. The van der Waals surface area contributed by atoms with Crippen molar-refractivity contribution in [3.05, 3.63) is 21.9 Å². The lowest BCUT2D eigenvalue weighted by Gasteiger charge is -2.20. The van der Waals surface area contributed by atoms with E-state index in [9.17, 15) is 0 Å². The molecule has 1 unspecified atom stereocenters. The van der Waals surface area contributed by atoms with E-state index in [2.05, 4.69) is 19.1 Å². The van der Waals surface area contributed by atoms with E-state index in [1.165, 1.54) is 9.75 Å². The van der Waals surface area contributed by atoms with Gasteiger partial charge < -0.3 is 10.8 Å². The Morgan fingerprint density at radius 3 is 2.67 bits per heavy atom. The number of aliphatic hydroxyl groups excluding tert-OH is 1. The second kappa shape index (κ2) is 3.56. The predicted molar refractivity (Wildman–Crippen MR) is 52.4 cm³/mol. The maximum absolute atomic E-state index is 8.94. The van der Waals surface area contributed by atoms with Gasteiger partial charge in [0.05, 0.1) is 6.61 Å². The van der Waals surface area contributed by atoms with Crippen LogP contribution in [0.3, 0.4) is 0 Å². The standard InChI is InChI=1S/C9H15NOS/c1-7-3-4-8(12-7)5-9(2,10)6-11/h3-4,11H,5-6,10H2,1-2H3. The molecule has 0 saturated heterocycles. The summed E-state index contributed by atoms with van der Waals surface area (Å²) < 4.78 is 0. The summed E-state index contributed by atoms with van der Waals surface area (Å²) in [7, 11) is 0. The average Bonchev–Trinajstić information content (AvgIpc) is 2.35. The molecule has 0 fully saturated rings. The molecule has 0 saturated carbocycles. The molecule has 0 aliphatic rings. The van der Waals surface area contributed by atoms with Gasteiger partial charge in [0.1, 0.15) is 0 Å². The summed E-state index contributed by atoms with van der Waals surface area (Å²) in [5, 5.41) is 8.94. The molecular formula is C9H15NOS. The van der Waals surface area contributed by atoms with Crippen LogP contribution < -0.4 is 5.73 Å². The van der Waals surface area contributed by atoms with Crippen LogP contribution in [0, 0.1) is 6.92 Å². The Kier molecular flexibility index (Phi) is 2.88. The zero-order valence-corrected chi connectivity index (χ0v) is 8.32. The molecule has 0 bridgehead atoms. The molecule has 1 rings (SSSR count). The van der Waals surface area contributed by atoms with Crippen LogP contribution in [0.1, 0.15) is 16.7 Å². The summed E-state index contributed by atoms with van der Waals surface area (Å²) in [6.45, 7) is 3.97. The second-order valence-electron chi connectivity index (χ2n) is 3.50. The first-order chi connectivity index (χ1) is 5.53. The fourth-order valence-corrected chi connectivity index (χ4v) is 2.12. The molecule has 1 heterocycles. The molecule has 0 amide bonds. The van der Waals surface area contributed by atoms with Crippen molar-refractivity contribution in [3.8, 4) is 0 Å². The number of rotatable bonds is 3. The van der Waals surface area contributed by atoms with Crippen LogP contribution in [-0.4, -0.2) is 17.3 Å². The summed E-state index contributed by atoms with van der Waals surface area (Å²) in [6.07, 6.45) is 0.752. The van der Waals surface area contributed by atoms with Crippen LogP contribution in [0.25, 0.3) is 0 Å². The summed E-state index contributed by atoms with van der Waals surface area (Å²) >= 11 is 1.74. The second-order valence-corrected chi connectivity index (χ2v) is 4.87. The summed E-state index contributed by atoms with van der Waals surface area (Å²) in [5.74, 6) is 0. The Balaban J connectivity index is 2.63. The fraction of sp³-hybridized carbons (Fsp3) is 0.556. The Bertz CT molecular complexity index is 255. The molecule has 0 aliphatic carbocycles. The highest BCUT2D eigenvalue weighted by Crippen LogP contribution is 2.19. The van der Waals surface area contributed by atoms with Crippen molar-refractivity contribution in [3.63, 3.8) is 0 Å². The highest BCUT2D eigenvalue weighted by molar-refractivity contribution is 7.11. The van der Waals surface area contributed by atoms with E-state index in [1.54, 1.807) is 11.3 Å². The van der Waals surface area contributed by atoms with Gasteiger partial charge in [0.25, 0.3) is 0 Å². The predicted octanol–water partition coefficient (Wildman–Crippen LogP) is 1.31. The molecular weight excluding hydrogens is 170 g/mol. The molecule has 3 heteroatoms. The molecule has 2 nitrogen and oxygen atoms in total. The van der Waals surface area contributed by atoms with Gasteiger partial charge in [0.15, 0.2) is 0 Å². The van der Waals surface area contributed by atoms with E-state index in [0.717, 1.165) is 6.42 Å². The zero-order chi connectivity index (χ0) is 9.19. The Morgan fingerprint density at radius 2 is 2.25 bits per heavy atom. The van der Waals surface area contributed by atoms with Gasteiger partial charge in [-0.05, 0) is 26.0 Å². The zero-order valence-electron chi connectivity index (χ0n) is 7.50. The molecule has 0 radical (unpaired) electrons. The van der Waals surface area contributed by atoms with Crippen LogP contribution >= 0.6 is 11.3 Å². The van der Waals surface area contributed by atoms with Crippen molar-refractivity contribution < 1.29 is 5.11 Å². The lowest BCUT2D eigenvalue weighted by Crippen LogP contribution is -2.42. The van der Waals surface area contributed by atoms with Gasteiger partial charge in [-0.1, -0.05) is 0 Å². The lowest BCUT2D eigenvalue weighted by molar-refractivity contribution is 0.209. The highest BCUT2D eigenvalue weighted by Gasteiger charge is 2.18. The van der Waals surface area contributed by atoms with Gasteiger partial charge in [-0.15, -0.1) is 11.3 Å². The third-order valence-electron chi connectivity index (χ3n) is 1.74. The first-order valence-corrected chi connectivity index (χ1v) is 4.80. The number of nitrogens with two attached hydrogens (primary N) is 1. The number of hydrogen-bond acceptors (Lipinski definition) is 3. The molecule has 68 valence electrons. The normalized spacial score (nSPS) is 16.0. The van der Waals surface area contributed by atoms with Gasteiger partial charge in [-0.3, -0.25) is 0 Å². The van der Waals surface area contributed by atoms with Crippen molar-refractivity contribution in [2.75, 3.05) is 6.61 Å². The van der Waals surface area contributed by atoms with E-state index in [-0.39, 0.29) is 6.61 Å². The Labute approximate surface area is 77.0 Å². The third-order valence-corrected chi connectivity index (χ3v) is 2.74. The fourth-order valence-electron chi connectivity index (χ4n) is 1.03. The van der Waals surface area contributed by atoms with Gasteiger partial charge >= 0.3 is 0 Å². The topological polar surface area (TPSA) is 46.2 Å². The number of aryl methyl sites for hydroxylation is 1. The van der Waals surface area contributed by atoms with E-state index >= 15 is 0 Å². The maximum atomic E-state index is 8.94. The van der Waals surface area contributed by atoms with Crippen LogP contribution in [-0.2, 0) is 6.42 Å². The highest BCUT2D eigenvalue weighted by atomic mass is 32.1. The van der Waals surface area contributed by atoms with Crippen LogP contribution in [0.2, 0.25) is 0 Å². The monoisotopic (exact) mass is 185 g/mol. The quantitative estimate of drug-likeness (QED) is 0.746. The van der Waals surface area contributed by atoms with Crippen molar-refractivity contribution >= 4 is 11.3 Å². The van der Waals surface area contributed by atoms with Crippen molar-refractivity contribution in [2.45, 2.75) is 25.8 Å². The van der Waals surface area contributed by atoms with E-state index in [1.807, 2.05) is 6.92 Å². The van der Waals surface area contributed by atoms with Gasteiger partial charge in [0.2, 0.25) is 0 Å². The molecule has 0 aromatic carbocycles. The number of thiophene rings is 1. The maximum Gasteiger partial charge on any atom is 0.0612 e. The van der Waals surface area contributed by atoms with E-state index in [4.69, 9.17) is 10.8 Å². The van der Waals surface area contributed by atoms with E-state index in [0.29, 0.717) is 0 Å². The molecule has 1 atom stereocenters. The van der Waals surface area contributed by atoms with Crippen LogP contribution in [0.15, 0.2) is 12.1 Å². The largest absolute Gasteiger partial charge is 0.394 e. The Morgan fingerprint density at radius 1 is 1.58 bits per heavy atom. The van der Waals surface area contributed by atoms with Crippen molar-refractivity contribution in [1.29, 1.82) is 0 Å². The third kappa shape index (κ3) is 2.59. The molecule has 3 N–H and O–H groups in total. The van der Waals surface area contributed by atoms with Gasteiger partial charge in [-0.25, -0.2) is 0 Å². The summed E-state index contributed by atoms with van der Waals surface area (Å²) in [5.41, 5.74) is 5.34. The lowest BCUT2D eigenvalue weighted by atomic mass is 10.00. The molecule has 1 aromatic rings. The van der Waals surface area contributed by atoms with Crippen LogP contribution in [0.4, 0.5) is 0 Å². The minimum atomic E-state index is -0.475. The molecule has 0 spiro atoms. The summed E-state index contributed by atoms with van der Waals surface area (Å²) in [4.78, 5) is 2.53. The van der Waals surface area contributed by atoms with E-state index < -0.39 is 5.54 Å². The molecule has 0 aliphatic heterocycles. The minimum absolute atomic E-state index is 0.0317. The number of hydrogen-bond donors (Lipinski definition) is 2. The van der Waals surface area contributed by atoms with Crippen LogP contribution in [0.5, 0.6) is 0 Å². The molecule has 1 aromatic heterocycles. The van der Waals surface area contributed by atoms with Crippen molar-refractivity contribution in [1.82, 2.24) is 0 Å². The first-order valence-electron chi connectivity index (χ1n) is 3.98. The van der Waals surface area contributed by atoms with Gasteiger partial charge in [0, 0.05) is 21.7 Å². The average molecular weight is 185 g/mol.